The van der Waals surface area contributed by atoms with Crippen molar-refractivity contribution >= 4 is 17.1 Å². The first kappa shape index (κ1) is 33.2. The van der Waals surface area contributed by atoms with Crippen molar-refractivity contribution in [2.24, 2.45) is 0 Å². The smallest absolute Gasteiger partial charge is 0.0467 e. The van der Waals surface area contributed by atoms with E-state index in [4.69, 9.17) is 0 Å². The van der Waals surface area contributed by atoms with Crippen molar-refractivity contribution in [3.05, 3.63) is 210 Å². The summed E-state index contributed by atoms with van der Waals surface area (Å²) in [4.78, 5) is 2.42. The van der Waals surface area contributed by atoms with Crippen molar-refractivity contribution in [3.8, 4) is 55.6 Å². The molecule has 0 unspecified atom stereocenters. The topological polar surface area (TPSA) is 3.24 Å². The largest absolute Gasteiger partial charge is 0.310 e. The zero-order valence-electron chi connectivity index (χ0n) is 31.8. The monoisotopic (exact) mass is 705 g/mol. The van der Waals surface area contributed by atoms with Crippen molar-refractivity contribution in [2.75, 3.05) is 4.90 Å². The third-order valence-corrected chi connectivity index (χ3v) is 12.3. The molecular formula is C54H43N. The minimum Gasteiger partial charge on any atom is -0.310 e. The van der Waals surface area contributed by atoms with Gasteiger partial charge in [0.25, 0.3) is 0 Å². The van der Waals surface area contributed by atoms with E-state index in [9.17, 15) is 0 Å². The minimum absolute atomic E-state index is 0.0557. The highest BCUT2D eigenvalue weighted by Crippen LogP contribution is 2.54. The van der Waals surface area contributed by atoms with Crippen LogP contribution in [0, 0.1) is 0 Å². The van der Waals surface area contributed by atoms with Crippen LogP contribution in [-0.2, 0) is 10.8 Å². The van der Waals surface area contributed by atoms with Gasteiger partial charge < -0.3 is 4.90 Å². The van der Waals surface area contributed by atoms with E-state index in [1.54, 1.807) is 0 Å². The molecule has 1 heteroatoms. The van der Waals surface area contributed by atoms with Gasteiger partial charge in [-0.05, 0) is 114 Å². The SMILES string of the molecule is CC1(C)c2ccccc2-c2c(-c3cccc(N(c4ccc(-c5ccccc5)cc4)c4cccc(-c5cccc6c5-c5ccccc5C6(C)C)c4)c3)cccc21. The van der Waals surface area contributed by atoms with E-state index < -0.39 is 0 Å². The molecule has 0 bridgehead atoms. The first-order valence-corrected chi connectivity index (χ1v) is 19.4. The molecule has 0 aliphatic heterocycles. The predicted molar refractivity (Wildman–Crippen MR) is 233 cm³/mol. The average Bonchev–Trinajstić information content (AvgIpc) is 3.62. The Kier molecular flexibility index (Phi) is 7.58. The maximum atomic E-state index is 2.42. The van der Waals surface area contributed by atoms with Gasteiger partial charge >= 0.3 is 0 Å². The van der Waals surface area contributed by atoms with E-state index >= 15 is 0 Å². The molecule has 0 saturated carbocycles. The molecule has 2 aliphatic carbocycles. The van der Waals surface area contributed by atoms with Crippen LogP contribution in [0.15, 0.2) is 188 Å². The van der Waals surface area contributed by atoms with Crippen molar-refractivity contribution in [3.63, 3.8) is 0 Å². The summed E-state index contributed by atoms with van der Waals surface area (Å²) in [5.74, 6) is 0. The minimum atomic E-state index is -0.0557. The molecule has 8 aromatic rings. The number of rotatable bonds is 6. The third kappa shape index (κ3) is 5.22. The number of hydrogen-bond acceptors (Lipinski definition) is 1. The fraction of sp³-hybridized carbons (Fsp3) is 0.111. The molecule has 0 radical (unpaired) electrons. The molecule has 0 amide bonds. The summed E-state index contributed by atoms with van der Waals surface area (Å²) in [5.41, 5.74) is 21.6. The Balaban J connectivity index is 1.14. The van der Waals surface area contributed by atoms with Crippen LogP contribution in [0.2, 0.25) is 0 Å². The number of nitrogens with zero attached hydrogens (tertiary/aromatic N) is 1. The van der Waals surface area contributed by atoms with Crippen LogP contribution in [0.25, 0.3) is 55.6 Å². The van der Waals surface area contributed by atoms with Crippen LogP contribution in [0.3, 0.4) is 0 Å². The Morgan fingerprint density at radius 3 is 1.18 bits per heavy atom. The van der Waals surface area contributed by atoms with Gasteiger partial charge in [-0.15, -0.1) is 0 Å². The van der Waals surface area contributed by atoms with Crippen LogP contribution in [-0.4, -0.2) is 0 Å². The first-order chi connectivity index (χ1) is 26.8. The lowest BCUT2D eigenvalue weighted by Gasteiger charge is -2.27. The summed E-state index contributed by atoms with van der Waals surface area (Å²) < 4.78 is 0. The Morgan fingerprint density at radius 2 is 0.673 bits per heavy atom. The molecule has 0 N–H and O–H groups in total. The molecule has 0 spiro atoms. The van der Waals surface area contributed by atoms with Gasteiger partial charge in [0.15, 0.2) is 0 Å². The van der Waals surface area contributed by atoms with Crippen LogP contribution in [0.4, 0.5) is 17.1 Å². The molecule has 55 heavy (non-hydrogen) atoms. The second-order valence-electron chi connectivity index (χ2n) is 16.1. The Bertz CT molecular complexity index is 2600. The Hall–Kier alpha value is -6.44. The van der Waals surface area contributed by atoms with Crippen LogP contribution >= 0.6 is 0 Å². The highest BCUT2D eigenvalue weighted by molar-refractivity contribution is 5.95. The fourth-order valence-corrected chi connectivity index (χ4v) is 9.50. The quantitative estimate of drug-likeness (QED) is 0.166. The zero-order chi connectivity index (χ0) is 37.3. The molecule has 0 fully saturated rings. The van der Waals surface area contributed by atoms with Gasteiger partial charge in [-0.2, -0.15) is 0 Å². The highest BCUT2D eigenvalue weighted by atomic mass is 15.1. The molecule has 1 nitrogen and oxygen atoms in total. The van der Waals surface area contributed by atoms with Gasteiger partial charge in [0.2, 0.25) is 0 Å². The van der Waals surface area contributed by atoms with Gasteiger partial charge in [0, 0.05) is 27.9 Å². The van der Waals surface area contributed by atoms with E-state index in [1.807, 2.05) is 0 Å². The van der Waals surface area contributed by atoms with Crippen LogP contribution in [0.5, 0.6) is 0 Å². The van der Waals surface area contributed by atoms with Gasteiger partial charge in [-0.25, -0.2) is 0 Å². The van der Waals surface area contributed by atoms with E-state index in [-0.39, 0.29) is 10.8 Å². The Labute approximate surface area is 325 Å². The second kappa shape index (κ2) is 12.6. The summed E-state index contributed by atoms with van der Waals surface area (Å²) in [6, 6.07) is 69.4. The lowest BCUT2D eigenvalue weighted by molar-refractivity contribution is 0.660. The van der Waals surface area contributed by atoms with Crippen LogP contribution in [0.1, 0.15) is 49.9 Å². The molecule has 8 aromatic carbocycles. The summed E-state index contributed by atoms with van der Waals surface area (Å²) in [6.07, 6.45) is 0. The molecule has 0 saturated heterocycles. The Morgan fingerprint density at radius 1 is 0.291 bits per heavy atom. The predicted octanol–water partition coefficient (Wildman–Crippen LogP) is 14.8. The van der Waals surface area contributed by atoms with E-state index in [0.29, 0.717) is 0 Å². The summed E-state index contributed by atoms with van der Waals surface area (Å²) >= 11 is 0. The van der Waals surface area contributed by atoms with Gasteiger partial charge in [0.1, 0.15) is 0 Å². The van der Waals surface area contributed by atoms with Gasteiger partial charge in [-0.3, -0.25) is 0 Å². The van der Waals surface area contributed by atoms with Gasteiger partial charge in [-0.1, -0.05) is 179 Å². The number of benzene rings is 8. The maximum Gasteiger partial charge on any atom is 0.0467 e. The van der Waals surface area contributed by atoms with Crippen LogP contribution < -0.4 is 4.90 Å². The number of hydrogen-bond donors (Lipinski definition) is 0. The number of anilines is 3. The van der Waals surface area contributed by atoms with E-state index in [2.05, 4.69) is 221 Å². The van der Waals surface area contributed by atoms with Crippen molar-refractivity contribution in [1.29, 1.82) is 0 Å². The molecule has 0 aromatic heterocycles. The maximum absolute atomic E-state index is 2.42. The third-order valence-electron chi connectivity index (χ3n) is 12.3. The van der Waals surface area contributed by atoms with Gasteiger partial charge in [0.05, 0.1) is 0 Å². The number of fused-ring (bicyclic) bond motifs is 6. The standard InChI is InChI=1S/C54H43N/c1-53(2)47-26-10-8-22-45(47)51-43(24-14-28-49(51)53)38-18-12-20-41(34-38)55(40-32-30-37(31-33-40)36-16-6-5-7-17-36)42-21-13-19-39(35-42)44-25-15-29-50-52(44)46-23-9-11-27-48(46)54(50,3)4/h5-35H,1-4H3. The lowest BCUT2D eigenvalue weighted by Crippen LogP contribution is -2.14. The molecule has 0 heterocycles. The molecule has 0 atom stereocenters. The lowest BCUT2D eigenvalue weighted by atomic mass is 9.82. The van der Waals surface area contributed by atoms with Crippen molar-refractivity contribution < 1.29 is 0 Å². The molecule has 2 aliphatic rings. The summed E-state index contributed by atoms with van der Waals surface area (Å²) in [7, 11) is 0. The molecular weight excluding hydrogens is 663 g/mol. The first-order valence-electron chi connectivity index (χ1n) is 19.4. The average molecular weight is 706 g/mol. The summed E-state index contributed by atoms with van der Waals surface area (Å²) in [5, 5.41) is 0. The van der Waals surface area contributed by atoms with Crippen molar-refractivity contribution in [1.82, 2.24) is 0 Å². The molecule has 264 valence electrons. The summed E-state index contributed by atoms with van der Waals surface area (Å²) in [6.45, 7) is 9.42. The highest BCUT2D eigenvalue weighted by Gasteiger charge is 2.38. The van der Waals surface area contributed by atoms with Crippen molar-refractivity contribution in [2.45, 2.75) is 38.5 Å². The normalized spacial score (nSPS) is 14.1. The zero-order valence-corrected chi connectivity index (χ0v) is 31.8. The van der Waals surface area contributed by atoms with E-state index in [1.165, 1.54) is 77.9 Å². The second-order valence-corrected chi connectivity index (χ2v) is 16.1. The molecule has 10 rings (SSSR count). The van der Waals surface area contributed by atoms with E-state index in [0.717, 1.165) is 17.1 Å². The fourth-order valence-electron chi connectivity index (χ4n) is 9.50.